The van der Waals surface area contributed by atoms with Crippen molar-refractivity contribution in [2.45, 2.75) is 26.4 Å². The molecule has 5 nitrogen and oxygen atoms in total. The van der Waals surface area contributed by atoms with Crippen molar-refractivity contribution in [1.29, 1.82) is 0 Å². The van der Waals surface area contributed by atoms with E-state index in [2.05, 4.69) is 29.7 Å². The second kappa shape index (κ2) is 8.84. The molecular formula is C19H24N3O2+. The van der Waals surface area contributed by atoms with Gasteiger partial charge in [-0.15, -0.1) is 0 Å². The number of carbonyl (C=O) groups excluding carboxylic acids is 2. The van der Waals surface area contributed by atoms with Crippen LogP contribution in [0.2, 0.25) is 0 Å². The molecule has 0 saturated carbocycles. The number of hydrogen-bond acceptors (Lipinski definition) is 2. The molecule has 2 aromatic rings. The van der Waals surface area contributed by atoms with E-state index in [-0.39, 0.29) is 5.91 Å². The molecule has 4 N–H and O–H groups in total. The highest BCUT2D eigenvalue weighted by atomic mass is 16.2. The fourth-order valence-electron chi connectivity index (χ4n) is 2.53. The first-order valence-corrected chi connectivity index (χ1v) is 8.13. The van der Waals surface area contributed by atoms with E-state index in [1.807, 2.05) is 54.7 Å². The smallest absolute Gasteiger partial charge is 0.321 e. The van der Waals surface area contributed by atoms with E-state index >= 15 is 0 Å². The minimum Gasteiger partial charge on any atom is -0.338 e. The molecule has 24 heavy (non-hydrogen) atoms. The summed E-state index contributed by atoms with van der Waals surface area (Å²) < 4.78 is 0. The number of nitrogens with one attached hydrogen (secondary N) is 2. The number of aryl methyl sites for hydroxylation is 1. The molecule has 0 fully saturated rings. The van der Waals surface area contributed by atoms with E-state index in [0.717, 1.165) is 5.56 Å². The molecule has 0 aromatic heterocycles. The zero-order valence-corrected chi connectivity index (χ0v) is 14.1. The summed E-state index contributed by atoms with van der Waals surface area (Å²) in [6.45, 7) is 5.00. The summed E-state index contributed by atoms with van der Waals surface area (Å²) in [7, 11) is 0. The molecule has 0 unspecified atom stereocenters. The van der Waals surface area contributed by atoms with Gasteiger partial charge in [-0.2, -0.15) is 0 Å². The summed E-state index contributed by atoms with van der Waals surface area (Å²) in [5.41, 5.74) is 3.22. The number of hydrogen-bond donors (Lipinski definition) is 3. The molecule has 2 rings (SSSR count). The van der Waals surface area contributed by atoms with Crippen LogP contribution < -0.4 is 16.0 Å². The molecular weight excluding hydrogens is 302 g/mol. The van der Waals surface area contributed by atoms with Gasteiger partial charge in [0.15, 0.2) is 6.04 Å². The molecule has 0 saturated heterocycles. The second-order valence-electron chi connectivity index (χ2n) is 5.60. The quantitative estimate of drug-likeness (QED) is 0.755. The van der Waals surface area contributed by atoms with Crippen LogP contribution in [-0.2, 0) is 11.3 Å². The summed E-state index contributed by atoms with van der Waals surface area (Å²) in [6.07, 6.45) is 0. The van der Waals surface area contributed by atoms with Gasteiger partial charge in [0.05, 0.1) is 0 Å². The first-order chi connectivity index (χ1) is 11.6. The number of rotatable bonds is 6. The molecule has 0 bridgehead atoms. The number of nitrogens with two attached hydrogens (primary N) is 1. The van der Waals surface area contributed by atoms with Crippen LogP contribution in [-0.4, -0.2) is 18.5 Å². The second-order valence-corrected chi connectivity index (χ2v) is 5.60. The highest BCUT2D eigenvalue weighted by molar-refractivity contribution is 5.96. The van der Waals surface area contributed by atoms with E-state index in [0.29, 0.717) is 13.1 Å². The maximum atomic E-state index is 12.5. The fraction of sp³-hybridized carbons (Fsp3) is 0.263. The predicted molar refractivity (Wildman–Crippen MR) is 93.2 cm³/mol. The molecule has 2 aromatic carbocycles. The van der Waals surface area contributed by atoms with Crippen molar-refractivity contribution >= 4 is 11.9 Å². The van der Waals surface area contributed by atoms with Gasteiger partial charge in [0.2, 0.25) is 0 Å². The lowest BCUT2D eigenvalue weighted by molar-refractivity contribution is -0.698. The topological polar surface area (TPSA) is 74.8 Å². The zero-order valence-electron chi connectivity index (χ0n) is 14.1. The van der Waals surface area contributed by atoms with Crippen molar-refractivity contribution in [3.63, 3.8) is 0 Å². The summed E-state index contributed by atoms with van der Waals surface area (Å²) in [6, 6.07) is 16.6. The lowest BCUT2D eigenvalue weighted by Gasteiger charge is -2.16. The summed E-state index contributed by atoms with van der Waals surface area (Å²) in [5.74, 6) is -0.319. The third-order valence-electron chi connectivity index (χ3n) is 3.85. The summed E-state index contributed by atoms with van der Waals surface area (Å²) in [5, 5.41) is 6.94. The largest absolute Gasteiger partial charge is 0.338 e. The van der Waals surface area contributed by atoms with Gasteiger partial charge in [-0.25, -0.2) is 4.79 Å². The first-order valence-electron chi connectivity index (χ1n) is 8.13. The molecule has 0 aliphatic carbocycles. The van der Waals surface area contributed by atoms with E-state index in [1.54, 1.807) is 0 Å². The minimum absolute atomic E-state index is 0.319. The van der Waals surface area contributed by atoms with Gasteiger partial charge in [-0.1, -0.05) is 54.6 Å². The summed E-state index contributed by atoms with van der Waals surface area (Å²) in [4.78, 5) is 24.2. The van der Waals surface area contributed by atoms with Crippen LogP contribution in [0.3, 0.4) is 0 Å². The monoisotopic (exact) mass is 326 g/mol. The third-order valence-corrected chi connectivity index (χ3v) is 3.85. The van der Waals surface area contributed by atoms with Crippen LogP contribution in [0.4, 0.5) is 4.79 Å². The van der Waals surface area contributed by atoms with Crippen molar-refractivity contribution in [2.24, 2.45) is 0 Å². The average molecular weight is 326 g/mol. The van der Waals surface area contributed by atoms with Crippen molar-refractivity contribution in [2.75, 3.05) is 6.54 Å². The van der Waals surface area contributed by atoms with Crippen molar-refractivity contribution in [1.82, 2.24) is 10.6 Å². The van der Waals surface area contributed by atoms with E-state index < -0.39 is 12.1 Å². The van der Waals surface area contributed by atoms with Crippen LogP contribution in [0.15, 0.2) is 54.6 Å². The molecule has 5 heteroatoms. The van der Waals surface area contributed by atoms with Crippen LogP contribution in [0.1, 0.15) is 29.7 Å². The maximum Gasteiger partial charge on any atom is 0.321 e. The highest BCUT2D eigenvalue weighted by Crippen LogP contribution is 2.10. The average Bonchev–Trinajstić information content (AvgIpc) is 2.58. The highest BCUT2D eigenvalue weighted by Gasteiger charge is 2.25. The Hall–Kier alpha value is -2.66. The molecule has 1 atom stereocenters. The van der Waals surface area contributed by atoms with Gasteiger partial charge >= 0.3 is 6.03 Å². The number of carbonyl (C=O) groups is 2. The van der Waals surface area contributed by atoms with Gasteiger partial charge in [-0.3, -0.25) is 10.1 Å². The number of amides is 3. The molecule has 3 amide bonds. The van der Waals surface area contributed by atoms with Crippen LogP contribution in [0.5, 0.6) is 0 Å². The van der Waals surface area contributed by atoms with E-state index in [4.69, 9.17) is 0 Å². The van der Waals surface area contributed by atoms with Crippen LogP contribution in [0, 0.1) is 6.92 Å². The SMILES string of the molecule is CCNC(=O)NC(=O)[C@@H]([NH2+]Cc1ccccc1C)c1ccccc1. The Morgan fingerprint density at radius 2 is 1.71 bits per heavy atom. The molecule has 0 radical (unpaired) electrons. The van der Waals surface area contributed by atoms with Gasteiger partial charge in [0.25, 0.3) is 5.91 Å². The van der Waals surface area contributed by atoms with Crippen molar-refractivity contribution < 1.29 is 14.9 Å². The Kier molecular flexibility index (Phi) is 6.51. The fourth-order valence-corrected chi connectivity index (χ4v) is 2.53. The Morgan fingerprint density at radius 3 is 2.38 bits per heavy atom. The number of urea groups is 1. The Morgan fingerprint density at radius 1 is 1.04 bits per heavy atom. The molecule has 0 spiro atoms. The van der Waals surface area contributed by atoms with Gasteiger partial charge < -0.3 is 10.6 Å². The molecule has 126 valence electrons. The normalized spacial score (nSPS) is 11.6. The van der Waals surface area contributed by atoms with E-state index in [9.17, 15) is 9.59 Å². The minimum atomic E-state index is -0.478. The Bertz CT molecular complexity index is 686. The third kappa shape index (κ3) is 4.93. The van der Waals surface area contributed by atoms with Gasteiger partial charge in [0.1, 0.15) is 6.54 Å². The van der Waals surface area contributed by atoms with Crippen molar-refractivity contribution in [3.05, 3.63) is 71.3 Å². The Balaban J connectivity index is 2.13. The predicted octanol–water partition coefficient (Wildman–Crippen LogP) is 1.65. The van der Waals surface area contributed by atoms with Gasteiger partial charge in [0, 0.05) is 17.7 Å². The molecule has 0 heterocycles. The number of benzene rings is 2. The standard InChI is InChI=1S/C19H23N3O2/c1-3-20-19(24)22-18(23)17(15-10-5-4-6-11-15)21-13-16-12-8-7-9-14(16)2/h4-12,17,21H,3,13H2,1-2H3,(H2,20,22,23,24)/p+1/t17-/m0/s1. The lowest BCUT2D eigenvalue weighted by Crippen LogP contribution is -2.86. The van der Waals surface area contributed by atoms with Gasteiger partial charge in [-0.05, 0) is 19.4 Å². The van der Waals surface area contributed by atoms with E-state index in [1.165, 1.54) is 11.1 Å². The van der Waals surface area contributed by atoms with Crippen molar-refractivity contribution in [3.8, 4) is 0 Å². The summed E-state index contributed by atoms with van der Waals surface area (Å²) >= 11 is 0. The molecule has 0 aliphatic rings. The maximum absolute atomic E-state index is 12.5. The number of imide groups is 1. The van der Waals surface area contributed by atoms with Crippen LogP contribution in [0.25, 0.3) is 0 Å². The Labute approximate surface area is 142 Å². The molecule has 0 aliphatic heterocycles. The van der Waals surface area contributed by atoms with Crippen LogP contribution >= 0.6 is 0 Å². The number of quaternary nitrogens is 1. The zero-order chi connectivity index (χ0) is 17.4. The first kappa shape index (κ1) is 17.7. The lowest BCUT2D eigenvalue weighted by atomic mass is 10.0.